The van der Waals surface area contributed by atoms with Crippen LogP contribution in [-0.2, 0) is 9.72 Å². The third-order valence-electron chi connectivity index (χ3n) is 3.64. The lowest BCUT2D eigenvalue weighted by Gasteiger charge is -2.52. The van der Waals surface area contributed by atoms with E-state index in [1.54, 1.807) is 24.4 Å². The normalized spacial score (nSPS) is 14.5. The topological polar surface area (TPSA) is 70.4 Å². The van der Waals surface area contributed by atoms with Crippen molar-refractivity contribution < 1.29 is 14.4 Å². The molecular formula is C14H24NO3P. The summed E-state index contributed by atoms with van der Waals surface area (Å²) < 4.78 is 12.4. The number of nitrogens with zero attached hydrogens (tertiary/aromatic N) is 1. The average molecular weight is 285 g/mol. The molecule has 0 bridgehead atoms. The van der Waals surface area contributed by atoms with Crippen molar-refractivity contribution in [2.24, 2.45) is 10.8 Å². The summed E-state index contributed by atoms with van der Waals surface area (Å²) in [5, 5.41) is -1.34. The standard InChI is InChI=1S/C14H24NO3P/c1-12(2,3)14(13(4,5)6,19(16,17)18)11-9-7-8-10-15-11/h7-10H,1-6H3,(H2,16,17,18). The van der Waals surface area contributed by atoms with Gasteiger partial charge in [0.05, 0.1) is 5.69 Å². The highest BCUT2D eigenvalue weighted by atomic mass is 31.2. The molecule has 0 aromatic carbocycles. The van der Waals surface area contributed by atoms with Gasteiger partial charge in [0.1, 0.15) is 5.16 Å². The fourth-order valence-electron chi connectivity index (χ4n) is 3.49. The molecule has 0 atom stereocenters. The van der Waals surface area contributed by atoms with Crippen LogP contribution in [0.5, 0.6) is 0 Å². The predicted octanol–water partition coefficient (Wildman–Crippen LogP) is 3.55. The van der Waals surface area contributed by atoms with Crippen molar-refractivity contribution in [1.82, 2.24) is 4.98 Å². The summed E-state index contributed by atoms with van der Waals surface area (Å²) in [4.78, 5) is 24.5. The highest BCUT2D eigenvalue weighted by Crippen LogP contribution is 2.71. The fraction of sp³-hybridized carbons (Fsp3) is 0.643. The lowest BCUT2D eigenvalue weighted by molar-refractivity contribution is 0.0947. The van der Waals surface area contributed by atoms with E-state index in [4.69, 9.17) is 0 Å². The van der Waals surface area contributed by atoms with Crippen molar-refractivity contribution in [2.45, 2.75) is 46.7 Å². The maximum atomic E-state index is 12.4. The number of hydrogen-bond acceptors (Lipinski definition) is 2. The maximum Gasteiger partial charge on any atom is 0.338 e. The van der Waals surface area contributed by atoms with Gasteiger partial charge in [-0.05, 0) is 23.0 Å². The second kappa shape index (κ2) is 4.69. The Kier molecular flexibility index (Phi) is 4.04. The van der Waals surface area contributed by atoms with Crippen LogP contribution in [0.1, 0.15) is 47.2 Å². The highest BCUT2D eigenvalue weighted by Gasteiger charge is 2.63. The summed E-state index contributed by atoms with van der Waals surface area (Å²) in [6, 6.07) is 5.22. The van der Waals surface area contributed by atoms with Gasteiger partial charge < -0.3 is 9.79 Å². The quantitative estimate of drug-likeness (QED) is 0.815. The highest BCUT2D eigenvalue weighted by molar-refractivity contribution is 7.53. The van der Waals surface area contributed by atoms with Gasteiger partial charge in [-0.1, -0.05) is 47.6 Å². The van der Waals surface area contributed by atoms with Gasteiger partial charge in [-0.25, -0.2) is 0 Å². The number of rotatable bonds is 2. The molecule has 108 valence electrons. The summed E-state index contributed by atoms with van der Waals surface area (Å²) in [5.41, 5.74) is -0.833. The van der Waals surface area contributed by atoms with E-state index in [-0.39, 0.29) is 0 Å². The van der Waals surface area contributed by atoms with Crippen LogP contribution in [0.3, 0.4) is 0 Å². The molecule has 0 aliphatic heterocycles. The van der Waals surface area contributed by atoms with Crippen molar-refractivity contribution >= 4 is 7.60 Å². The van der Waals surface area contributed by atoms with Crippen LogP contribution in [0.25, 0.3) is 0 Å². The van der Waals surface area contributed by atoms with E-state index in [0.717, 1.165) is 0 Å². The first-order chi connectivity index (χ1) is 8.36. The molecule has 0 aliphatic rings. The average Bonchev–Trinajstić information content (AvgIpc) is 2.12. The molecule has 1 heterocycles. The third-order valence-corrected chi connectivity index (χ3v) is 6.09. The first kappa shape index (κ1) is 16.4. The molecule has 1 aromatic heterocycles. The number of pyridine rings is 1. The number of hydrogen-bond donors (Lipinski definition) is 2. The van der Waals surface area contributed by atoms with E-state index in [2.05, 4.69) is 4.98 Å². The van der Waals surface area contributed by atoms with Crippen LogP contribution in [0.15, 0.2) is 24.4 Å². The van der Waals surface area contributed by atoms with Crippen LogP contribution in [0, 0.1) is 10.8 Å². The van der Waals surface area contributed by atoms with Gasteiger partial charge in [-0.2, -0.15) is 0 Å². The Morgan fingerprint density at radius 1 is 1.00 bits per heavy atom. The second-order valence-corrected chi connectivity index (χ2v) is 8.73. The Balaban J connectivity index is 3.81. The predicted molar refractivity (Wildman–Crippen MR) is 76.9 cm³/mol. The van der Waals surface area contributed by atoms with Gasteiger partial charge in [0.2, 0.25) is 0 Å². The molecule has 1 rings (SSSR count). The maximum absolute atomic E-state index is 12.4. The van der Waals surface area contributed by atoms with Gasteiger partial charge >= 0.3 is 7.60 Å². The zero-order valence-electron chi connectivity index (χ0n) is 12.5. The summed E-state index contributed by atoms with van der Waals surface area (Å²) >= 11 is 0. The van der Waals surface area contributed by atoms with Crippen molar-refractivity contribution in [2.75, 3.05) is 0 Å². The minimum absolute atomic E-state index is 0.448. The Morgan fingerprint density at radius 2 is 1.47 bits per heavy atom. The fourth-order valence-corrected chi connectivity index (χ4v) is 5.67. The van der Waals surface area contributed by atoms with Crippen LogP contribution in [0.4, 0.5) is 0 Å². The van der Waals surface area contributed by atoms with Crippen LogP contribution < -0.4 is 0 Å². The molecule has 1 aromatic rings. The largest absolute Gasteiger partial charge is 0.338 e. The van der Waals surface area contributed by atoms with Crippen LogP contribution in [0.2, 0.25) is 0 Å². The van der Waals surface area contributed by atoms with Gasteiger partial charge in [0.15, 0.2) is 0 Å². The van der Waals surface area contributed by atoms with Crippen molar-refractivity contribution in [3.63, 3.8) is 0 Å². The molecule has 0 aliphatic carbocycles. The first-order valence-corrected chi connectivity index (χ1v) is 7.94. The van der Waals surface area contributed by atoms with Gasteiger partial charge in [-0.15, -0.1) is 0 Å². The Bertz CT molecular complexity index is 466. The molecule has 19 heavy (non-hydrogen) atoms. The lowest BCUT2D eigenvalue weighted by atomic mass is 9.64. The molecule has 2 N–H and O–H groups in total. The molecule has 0 amide bonds. The summed E-state index contributed by atoms with van der Waals surface area (Å²) in [6.07, 6.45) is 1.58. The van der Waals surface area contributed by atoms with Crippen molar-refractivity contribution in [1.29, 1.82) is 0 Å². The SMILES string of the molecule is CC(C)(C)C(c1ccccn1)(C(C)(C)C)P(=O)(O)O. The van der Waals surface area contributed by atoms with E-state index < -0.39 is 23.6 Å². The van der Waals surface area contributed by atoms with Crippen LogP contribution >= 0.6 is 7.60 Å². The Hall–Kier alpha value is -0.700. The van der Waals surface area contributed by atoms with Crippen molar-refractivity contribution in [3.8, 4) is 0 Å². The molecule has 0 fully saturated rings. The first-order valence-electron chi connectivity index (χ1n) is 6.33. The molecular weight excluding hydrogens is 261 g/mol. The summed E-state index contributed by atoms with van der Waals surface area (Å²) in [7, 11) is -4.43. The van der Waals surface area contributed by atoms with Gasteiger partial charge in [0, 0.05) is 6.20 Å². The molecule has 0 saturated heterocycles. The van der Waals surface area contributed by atoms with E-state index >= 15 is 0 Å². The van der Waals surface area contributed by atoms with Gasteiger partial charge in [0.25, 0.3) is 0 Å². The van der Waals surface area contributed by atoms with Crippen LogP contribution in [-0.4, -0.2) is 14.8 Å². The third kappa shape index (κ3) is 2.49. The molecule has 5 heteroatoms. The zero-order valence-corrected chi connectivity index (χ0v) is 13.4. The van der Waals surface area contributed by atoms with E-state index in [1.165, 1.54) is 0 Å². The summed E-state index contributed by atoms with van der Waals surface area (Å²) in [6.45, 7) is 11.1. The molecule has 4 nitrogen and oxygen atoms in total. The smallest absolute Gasteiger partial charge is 0.324 e. The minimum Gasteiger partial charge on any atom is -0.324 e. The zero-order chi connectivity index (χ0) is 15.1. The monoisotopic (exact) mass is 285 g/mol. The van der Waals surface area contributed by atoms with E-state index in [9.17, 15) is 14.4 Å². The second-order valence-electron chi connectivity index (χ2n) is 6.97. The molecule has 0 radical (unpaired) electrons. The molecule has 0 spiro atoms. The summed E-state index contributed by atoms with van der Waals surface area (Å²) in [5.74, 6) is 0. The van der Waals surface area contributed by atoms with E-state index in [1.807, 2.05) is 41.5 Å². The van der Waals surface area contributed by atoms with E-state index in [0.29, 0.717) is 5.69 Å². The Labute approximate surface area is 115 Å². The molecule has 0 unspecified atom stereocenters. The minimum atomic E-state index is -4.43. The lowest BCUT2D eigenvalue weighted by Crippen LogP contribution is -2.50. The van der Waals surface area contributed by atoms with Gasteiger partial charge in [-0.3, -0.25) is 9.55 Å². The Morgan fingerprint density at radius 3 is 1.74 bits per heavy atom. The number of aromatic nitrogens is 1. The molecule has 0 saturated carbocycles. The van der Waals surface area contributed by atoms with Crippen molar-refractivity contribution in [3.05, 3.63) is 30.1 Å².